The van der Waals surface area contributed by atoms with Gasteiger partial charge in [-0.25, -0.2) is 0 Å². The van der Waals surface area contributed by atoms with Crippen molar-refractivity contribution in [3.63, 3.8) is 0 Å². The first kappa shape index (κ1) is 14.9. The van der Waals surface area contributed by atoms with E-state index in [1.807, 2.05) is 0 Å². The molecule has 0 unspecified atom stereocenters. The molecule has 0 atom stereocenters. The Morgan fingerprint density at radius 3 is 1.95 bits per heavy atom. The van der Waals surface area contributed by atoms with Crippen molar-refractivity contribution in [1.29, 1.82) is 0 Å². The summed E-state index contributed by atoms with van der Waals surface area (Å²) in [4.78, 5) is 5.28. The summed E-state index contributed by atoms with van der Waals surface area (Å²) in [5.74, 6) is 1.72. The normalized spacial score (nSPS) is 24.7. The summed E-state index contributed by atoms with van der Waals surface area (Å²) in [5.41, 5.74) is 6.57. The number of piperidine rings is 2. The summed E-state index contributed by atoms with van der Waals surface area (Å²) in [6.45, 7) is 13.9. The molecule has 19 heavy (non-hydrogen) atoms. The van der Waals surface area contributed by atoms with Gasteiger partial charge in [-0.1, -0.05) is 13.5 Å². The maximum absolute atomic E-state index is 5.71. The smallest absolute Gasteiger partial charge is 0.0109 e. The quantitative estimate of drug-likeness (QED) is 0.828. The monoisotopic (exact) mass is 265 g/mol. The van der Waals surface area contributed by atoms with Gasteiger partial charge in [0.2, 0.25) is 0 Å². The predicted octanol–water partition coefficient (Wildman–Crippen LogP) is 2.29. The van der Waals surface area contributed by atoms with Crippen LogP contribution in [0.2, 0.25) is 0 Å². The molecule has 3 nitrogen and oxygen atoms in total. The Balaban J connectivity index is 1.59. The zero-order chi connectivity index (χ0) is 13.7. The molecule has 2 N–H and O–H groups in total. The molecule has 2 aliphatic rings. The number of allylic oxidation sites excluding steroid dienone is 1. The lowest BCUT2D eigenvalue weighted by Crippen LogP contribution is -2.42. The largest absolute Gasteiger partial charge is 0.403 e. The van der Waals surface area contributed by atoms with Crippen LogP contribution < -0.4 is 5.73 Å². The average molecular weight is 265 g/mol. The van der Waals surface area contributed by atoms with Crippen LogP contribution in [0, 0.1) is 11.8 Å². The Hall–Kier alpha value is -0.540. The topological polar surface area (TPSA) is 32.5 Å². The van der Waals surface area contributed by atoms with E-state index < -0.39 is 0 Å². The first-order valence-corrected chi connectivity index (χ1v) is 8.01. The lowest BCUT2D eigenvalue weighted by Gasteiger charge is -2.35. The molecule has 0 aromatic carbocycles. The molecule has 110 valence electrons. The van der Waals surface area contributed by atoms with Gasteiger partial charge in [-0.3, -0.25) is 0 Å². The van der Waals surface area contributed by atoms with E-state index in [2.05, 4.69) is 23.3 Å². The lowest BCUT2D eigenvalue weighted by atomic mass is 9.92. The van der Waals surface area contributed by atoms with Gasteiger partial charge >= 0.3 is 0 Å². The standard InChI is InChI=1S/C16H31N3/c1-14-3-7-18(8-4-14)11-12-19-9-5-16(6-10-19)13-15(2)17/h14,16H,2-13,17H2,1H3. The molecule has 0 saturated carbocycles. The zero-order valence-electron chi connectivity index (χ0n) is 12.6. The van der Waals surface area contributed by atoms with E-state index in [9.17, 15) is 0 Å². The highest BCUT2D eigenvalue weighted by Gasteiger charge is 2.20. The van der Waals surface area contributed by atoms with E-state index in [1.165, 1.54) is 65.0 Å². The number of likely N-dealkylation sites (tertiary alicyclic amines) is 2. The highest BCUT2D eigenvalue weighted by atomic mass is 15.2. The second-order valence-corrected chi connectivity index (χ2v) is 6.67. The minimum atomic E-state index is 0.782. The third kappa shape index (κ3) is 5.15. The van der Waals surface area contributed by atoms with E-state index in [0.29, 0.717) is 0 Å². The Labute approximate surface area is 118 Å². The van der Waals surface area contributed by atoms with Crippen LogP contribution in [-0.2, 0) is 0 Å². The number of nitrogens with zero attached hydrogens (tertiary/aromatic N) is 2. The SMILES string of the molecule is C=C(N)CC1CCN(CCN2CCC(C)CC2)CC1. The summed E-state index contributed by atoms with van der Waals surface area (Å²) < 4.78 is 0. The first-order chi connectivity index (χ1) is 9.13. The highest BCUT2D eigenvalue weighted by Crippen LogP contribution is 2.22. The number of nitrogens with two attached hydrogens (primary N) is 1. The Bertz CT molecular complexity index is 274. The summed E-state index contributed by atoms with van der Waals surface area (Å²) in [6, 6.07) is 0. The van der Waals surface area contributed by atoms with Crippen molar-refractivity contribution < 1.29 is 0 Å². The van der Waals surface area contributed by atoms with Gasteiger partial charge in [0, 0.05) is 18.8 Å². The van der Waals surface area contributed by atoms with Crippen LogP contribution in [0.3, 0.4) is 0 Å². The molecule has 0 aromatic rings. The van der Waals surface area contributed by atoms with Gasteiger partial charge in [0.1, 0.15) is 0 Å². The van der Waals surface area contributed by atoms with Crippen LogP contribution in [0.4, 0.5) is 0 Å². The summed E-state index contributed by atoms with van der Waals surface area (Å²) >= 11 is 0. The summed E-state index contributed by atoms with van der Waals surface area (Å²) in [5, 5.41) is 0. The molecular weight excluding hydrogens is 234 g/mol. The maximum Gasteiger partial charge on any atom is 0.0109 e. The van der Waals surface area contributed by atoms with Gasteiger partial charge in [-0.15, -0.1) is 0 Å². The number of rotatable bonds is 5. The van der Waals surface area contributed by atoms with Gasteiger partial charge in [0.05, 0.1) is 0 Å². The van der Waals surface area contributed by atoms with Crippen LogP contribution in [0.1, 0.15) is 39.0 Å². The molecule has 2 heterocycles. The molecule has 2 rings (SSSR count). The van der Waals surface area contributed by atoms with Crippen molar-refractivity contribution in [2.75, 3.05) is 39.3 Å². The van der Waals surface area contributed by atoms with E-state index in [-0.39, 0.29) is 0 Å². The van der Waals surface area contributed by atoms with Crippen molar-refractivity contribution in [2.45, 2.75) is 39.0 Å². The Kier molecular flexibility index (Phi) is 5.71. The molecule has 2 aliphatic heterocycles. The van der Waals surface area contributed by atoms with Crippen molar-refractivity contribution in [3.8, 4) is 0 Å². The number of hydrogen-bond acceptors (Lipinski definition) is 3. The van der Waals surface area contributed by atoms with Crippen molar-refractivity contribution in [3.05, 3.63) is 12.3 Å². The van der Waals surface area contributed by atoms with Gasteiger partial charge < -0.3 is 15.5 Å². The molecule has 3 heteroatoms. The Morgan fingerprint density at radius 1 is 1.00 bits per heavy atom. The first-order valence-electron chi connectivity index (χ1n) is 8.01. The maximum atomic E-state index is 5.71. The molecular formula is C16H31N3. The van der Waals surface area contributed by atoms with Gasteiger partial charge in [-0.05, 0) is 70.1 Å². The third-order valence-electron chi connectivity index (χ3n) is 4.87. The van der Waals surface area contributed by atoms with Crippen molar-refractivity contribution in [2.24, 2.45) is 17.6 Å². The molecule has 0 radical (unpaired) electrons. The van der Waals surface area contributed by atoms with Crippen LogP contribution in [0.25, 0.3) is 0 Å². The van der Waals surface area contributed by atoms with E-state index in [1.54, 1.807) is 0 Å². The lowest BCUT2D eigenvalue weighted by molar-refractivity contribution is 0.135. The van der Waals surface area contributed by atoms with Crippen LogP contribution in [-0.4, -0.2) is 49.1 Å². The molecule has 0 spiro atoms. The second-order valence-electron chi connectivity index (χ2n) is 6.67. The number of hydrogen-bond donors (Lipinski definition) is 1. The molecule has 0 aromatic heterocycles. The summed E-state index contributed by atoms with van der Waals surface area (Å²) in [6.07, 6.45) is 6.40. The predicted molar refractivity (Wildman–Crippen MR) is 81.9 cm³/mol. The molecule has 0 amide bonds. The van der Waals surface area contributed by atoms with Crippen LogP contribution >= 0.6 is 0 Å². The van der Waals surface area contributed by atoms with E-state index in [0.717, 1.165) is 24.0 Å². The molecule has 2 saturated heterocycles. The van der Waals surface area contributed by atoms with Gasteiger partial charge in [0.25, 0.3) is 0 Å². The Morgan fingerprint density at radius 2 is 1.47 bits per heavy atom. The summed E-state index contributed by atoms with van der Waals surface area (Å²) in [7, 11) is 0. The second kappa shape index (κ2) is 7.30. The van der Waals surface area contributed by atoms with Crippen molar-refractivity contribution in [1.82, 2.24) is 9.80 Å². The average Bonchev–Trinajstić information content (AvgIpc) is 2.39. The fourth-order valence-electron chi connectivity index (χ4n) is 3.35. The molecule has 0 aliphatic carbocycles. The van der Waals surface area contributed by atoms with E-state index in [4.69, 9.17) is 5.73 Å². The minimum absolute atomic E-state index is 0.782. The van der Waals surface area contributed by atoms with Crippen LogP contribution in [0.15, 0.2) is 12.3 Å². The minimum Gasteiger partial charge on any atom is -0.403 e. The zero-order valence-corrected chi connectivity index (χ0v) is 12.6. The molecule has 2 fully saturated rings. The third-order valence-corrected chi connectivity index (χ3v) is 4.87. The van der Waals surface area contributed by atoms with E-state index >= 15 is 0 Å². The highest BCUT2D eigenvalue weighted by molar-refractivity contribution is 4.90. The fourth-order valence-corrected chi connectivity index (χ4v) is 3.35. The van der Waals surface area contributed by atoms with Gasteiger partial charge in [0.15, 0.2) is 0 Å². The molecule has 0 bridgehead atoms. The van der Waals surface area contributed by atoms with Crippen LogP contribution in [0.5, 0.6) is 0 Å². The fraction of sp³-hybridized carbons (Fsp3) is 0.875. The van der Waals surface area contributed by atoms with Crippen molar-refractivity contribution >= 4 is 0 Å². The van der Waals surface area contributed by atoms with Gasteiger partial charge in [-0.2, -0.15) is 0 Å².